The van der Waals surface area contributed by atoms with Crippen LogP contribution >= 0.6 is 0 Å². The average Bonchev–Trinajstić information content (AvgIpc) is 2.70. The van der Waals surface area contributed by atoms with Crippen LogP contribution in [0, 0.1) is 6.92 Å². The van der Waals surface area contributed by atoms with Crippen molar-refractivity contribution >= 4 is 0 Å². The Hall–Kier alpha value is -0.800. The van der Waals surface area contributed by atoms with Crippen molar-refractivity contribution in [1.82, 2.24) is 10.2 Å². The molecule has 18 heavy (non-hydrogen) atoms. The molecule has 1 N–H and O–H groups in total. The molecular formula is C15H28N2O. The van der Waals surface area contributed by atoms with Crippen molar-refractivity contribution in [3.8, 4) is 0 Å². The van der Waals surface area contributed by atoms with Gasteiger partial charge in [0.2, 0.25) is 0 Å². The van der Waals surface area contributed by atoms with E-state index < -0.39 is 0 Å². The van der Waals surface area contributed by atoms with Gasteiger partial charge >= 0.3 is 0 Å². The third kappa shape index (κ3) is 4.83. The summed E-state index contributed by atoms with van der Waals surface area (Å²) in [7, 11) is 0. The van der Waals surface area contributed by atoms with Crippen molar-refractivity contribution in [2.24, 2.45) is 0 Å². The Kier molecular flexibility index (Phi) is 7.06. The molecule has 0 spiro atoms. The third-order valence-electron chi connectivity index (χ3n) is 3.15. The predicted molar refractivity (Wildman–Crippen MR) is 76.7 cm³/mol. The molecule has 3 heteroatoms. The summed E-state index contributed by atoms with van der Waals surface area (Å²) in [5.74, 6) is 2.18. The summed E-state index contributed by atoms with van der Waals surface area (Å²) in [5.41, 5.74) is 1.26. The highest BCUT2D eigenvalue weighted by molar-refractivity contribution is 5.20. The van der Waals surface area contributed by atoms with Gasteiger partial charge in [0.15, 0.2) is 0 Å². The van der Waals surface area contributed by atoms with Crippen molar-refractivity contribution in [3.05, 3.63) is 23.2 Å². The van der Waals surface area contributed by atoms with E-state index in [4.69, 9.17) is 4.42 Å². The Labute approximate surface area is 112 Å². The second-order valence-corrected chi connectivity index (χ2v) is 4.86. The monoisotopic (exact) mass is 252 g/mol. The van der Waals surface area contributed by atoms with Crippen LogP contribution in [0.2, 0.25) is 0 Å². The van der Waals surface area contributed by atoms with Crippen molar-refractivity contribution in [2.75, 3.05) is 19.6 Å². The lowest BCUT2D eigenvalue weighted by Crippen LogP contribution is -2.23. The number of aryl methyl sites for hydroxylation is 1. The third-order valence-corrected chi connectivity index (χ3v) is 3.15. The molecule has 0 aliphatic rings. The van der Waals surface area contributed by atoms with Gasteiger partial charge in [-0.3, -0.25) is 4.90 Å². The summed E-state index contributed by atoms with van der Waals surface area (Å²) >= 11 is 0. The van der Waals surface area contributed by atoms with Gasteiger partial charge < -0.3 is 9.73 Å². The van der Waals surface area contributed by atoms with E-state index in [0.29, 0.717) is 0 Å². The Bertz CT molecular complexity index is 333. The van der Waals surface area contributed by atoms with Crippen LogP contribution < -0.4 is 5.32 Å². The highest BCUT2D eigenvalue weighted by atomic mass is 16.3. The second kappa shape index (κ2) is 8.33. The van der Waals surface area contributed by atoms with Crippen LogP contribution in [-0.4, -0.2) is 24.5 Å². The van der Waals surface area contributed by atoms with Gasteiger partial charge in [-0.05, 0) is 51.0 Å². The van der Waals surface area contributed by atoms with E-state index in [1.807, 2.05) is 0 Å². The molecule has 1 aromatic heterocycles. The van der Waals surface area contributed by atoms with Crippen LogP contribution in [0.25, 0.3) is 0 Å². The SMILES string of the molecule is CCCNCc1oc(CN(CC)CCC)cc1C. The number of rotatable bonds is 9. The fourth-order valence-electron chi connectivity index (χ4n) is 2.11. The lowest BCUT2D eigenvalue weighted by atomic mass is 10.2. The van der Waals surface area contributed by atoms with Gasteiger partial charge in [-0.15, -0.1) is 0 Å². The summed E-state index contributed by atoms with van der Waals surface area (Å²) in [6.45, 7) is 13.8. The first kappa shape index (κ1) is 15.3. The van der Waals surface area contributed by atoms with Crippen LogP contribution in [0.15, 0.2) is 10.5 Å². The standard InChI is InChI=1S/C15H28N2O/c1-5-8-16-11-15-13(4)10-14(18-15)12-17(7-3)9-6-2/h10,16H,5-9,11-12H2,1-4H3. The largest absolute Gasteiger partial charge is 0.463 e. The van der Waals surface area contributed by atoms with E-state index in [1.165, 1.54) is 12.0 Å². The number of hydrogen-bond acceptors (Lipinski definition) is 3. The molecule has 0 aliphatic heterocycles. The van der Waals surface area contributed by atoms with Gasteiger partial charge in [0.1, 0.15) is 11.5 Å². The summed E-state index contributed by atoms with van der Waals surface area (Å²) in [6.07, 6.45) is 2.35. The minimum Gasteiger partial charge on any atom is -0.463 e. The van der Waals surface area contributed by atoms with Gasteiger partial charge in [0.05, 0.1) is 13.1 Å². The van der Waals surface area contributed by atoms with Crippen LogP contribution in [0.4, 0.5) is 0 Å². The van der Waals surface area contributed by atoms with E-state index in [1.54, 1.807) is 0 Å². The number of nitrogens with zero attached hydrogens (tertiary/aromatic N) is 1. The Morgan fingerprint density at radius 3 is 2.61 bits per heavy atom. The Balaban J connectivity index is 2.54. The van der Waals surface area contributed by atoms with E-state index in [9.17, 15) is 0 Å². The van der Waals surface area contributed by atoms with Crippen LogP contribution in [0.1, 0.15) is 50.7 Å². The smallest absolute Gasteiger partial charge is 0.120 e. The minimum absolute atomic E-state index is 0.847. The van der Waals surface area contributed by atoms with E-state index >= 15 is 0 Å². The number of nitrogens with one attached hydrogen (secondary N) is 1. The van der Waals surface area contributed by atoms with Gasteiger partial charge in [0, 0.05) is 0 Å². The molecule has 1 rings (SSSR count). The maximum Gasteiger partial charge on any atom is 0.120 e. The molecule has 0 bridgehead atoms. The van der Waals surface area contributed by atoms with Crippen molar-refractivity contribution in [2.45, 2.75) is 53.6 Å². The van der Waals surface area contributed by atoms with Crippen molar-refractivity contribution in [3.63, 3.8) is 0 Å². The first-order valence-electron chi connectivity index (χ1n) is 7.22. The molecular weight excluding hydrogens is 224 g/mol. The van der Waals surface area contributed by atoms with Crippen molar-refractivity contribution in [1.29, 1.82) is 0 Å². The predicted octanol–water partition coefficient (Wildman–Crippen LogP) is 3.32. The van der Waals surface area contributed by atoms with Crippen LogP contribution in [-0.2, 0) is 13.1 Å². The quantitative estimate of drug-likeness (QED) is 0.683. The summed E-state index contributed by atoms with van der Waals surface area (Å²) in [5, 5.41) is 3.39. The topological polar surface area (TPSA) is 28.4 Å². The van der Waals surface area contributed by atoms with E-state index in [0.717, 1.165) is 50.7 Å². The minimum atomic E-state index is 0.847. The second-order valence-electron chi connectivity index (χ2n) is 4.86. The highest BCUT2D eigenvalue weighted by Crippen LogP contribution is 2.16. The maximum atomic E-state index is 5.94. The van der Waals surface area contributed by atoms with Gasteiger partial charge in [-0.25, -0.2) is 0 Å². The molecule has 0 saturated heterocycles. The summed E-state index contributed by atoms with van der Waals surface area (Å²) in [4.78, 5) is 2.42. The zero-order valence-corrected chi connectivity index (χ0v) is 12.4. The molecule has 0 fully saturated rings. The average molecular weight is 252 g/mol. The van der Waals surface area contributed by atoms with E-state index in [2.05, 4.69) is 44.0 Å². The molecule has 0 aliphatic carbocycles. The Morgan fingerprint density at radius 1 is 1.22 bits per heavy atom. The van der Waals surface area contributed by atoms with Gasteiger partial charge in [-0.2, -0.15) is 0 Å². The zero-order chi connectivity index (χ0) is 13.4. The Morgan fingerprint density at radius 2 is 2.00 bits per heavy atom. The zero-order valence-electron chi connectivity index (χ0n) is 12.4. The molecule has 0 amide bonds. The molecule has 0 saturated carbocycles. The fourth-order valence-corrected chi connectivity index (χ4v) is 2.11. The maximum absolute atomic E-state index is 5.94. The van der Waals surface area contributed by atoms with Gasteiger partial charge in [-0.1, -0.05) is 20.8 Å². The normalized spacial score (nSPS) is 11.4. The molecule has 3 nitrogen and oxygen atoms in total. The molecule has 1 aromatic rings. The molecule has 0 radical (unpaired) electrons. The van der Waals surface area contributed by atoms with Crippen LogP contribution in [0.5, 0.6) is 0 Å². The first-order chi connectivity index (χ1) is 8.71. The molecule has 0 atom stereocenters. The lowest BCUT2D eigenvalue weighted by molar-refractivity contribution is 0.253. The fraction of sp³-hybridized carbons (Fsp3) is 0.733. The highest BCUT2D eigenvalue weighted by Gasteiger charge is 2.10. The van der Waals surface area contributed by atoms with Gasteiger partial charge in [0.25, 0.3) is 0 Å². The van der Waals surface area contributed by atoms with E-state index in [-0.39, 0.29) is 0 Å². The lowest BCUT2D eigenvalue weighted by Gasteiger charge is -2.17. The molecule has 0 aromatic carbocycles. The van der Waals surface area contributed by atoms with Crippen molar-refractivity contribution < 1.29 is 4.42 Å². The molecule has 1 heterocycles. The summed E-state index contributed by atoms with van der Waals surface area (Å²) < 4.78 is 5.94. The first-order valence-corrected chi connectivity index (χ1v) is 7.22. The molecule has 104 valence electrons. The molecule has 0 unspecified atom stereocenters. The number of hydrogen-bond donors (Lipinski definition) is 1. The summed E-state index contributed by atoms with van der Waals surface area (Å²) in [6, 6.07) is 2.18. The van der Waals surface area contributed by atoms with Crippen LogP contribution in [0.3, 0.4) is 0 Å². The number of furan rings is 1.